The molecule has 0 saturated carbocycles. The van der Waals surface area contributed by atoms with Crippen molar-refractivity contribution < 1.29 is 147 Å². The van der Waals surface area contributed by atoms with E-state index in [0.29, 0.717) is 6.42 Å². The van der Waals surface area contributed by atoms with Crippen LogP contribution in [0.4, 0.5) is 0 Å². The fourth-order valence-electron chi connectivity index (χ4n) is 2.08. The Labute approximate surface area is 258 Å². The van der Waals surface area contributed by atoms with Gasteiger partial charge in [-0.05, 0) is 59.8 Å². The SMILES string of the molecule is CC(C)=CCC/C(C)=C\CC/C(C)=C/CC(P(=O)([O-])[O-])P(=O)([O-])[O-].[Na+].[Na+].[Na+].[Na+]. The van der Waals surface area contributed by atoms with Crippen LogP contribution in [0.1, 0.15) is 59.8 Å². The van der Waals surface area contributed by atoms with Crippen molar-refractivity contribution in [2.24, 2.45) is 0 Å². The maximum absolute atomic E-state index is 10.9. The molecule has 0 rings (SSSR count). The zero-order valence-electron chi connectivity index (χ0n) is 18.7. The third-order valence-electron chi connectivity index (χ3n) is 3.53. The number of hydrogen-bond acceptors (Lipinski definition) is 6. The molecule has 0 aliphatic rings. The molecule has 0 aromatic heterocycles. The Kier molecular flexibility index (Phi) is 31.4. The summed E-state index contributed by atoms with van der Waals surface area (Å²) in [4.78, 5) is 43.6. The van der Waals surface area contributed by atoms with E-state index in [4.69, 9.17) is 0 Å². The minimum atomic E-state index is -5.47. The van der Waals surface area contributed by atoms with E-state index < -0.39 is 27.0 Å². The van der Waals surface area contributed by atoms with Crippen LogP contribution in [-0.4, -0.2) is 5.40 Å². The fraction of sp³-hybridized carbons (Fsp3) is 0.625. The van der Waals surface area contributed by atoms with Gasteiger partial charge >= 0.3 is 118 Å². The molecule has 0 bridgehead atoms. The smallest absolute Gasteiger partial charge is 0.810 e. The van der Waals surface area contributed by atoms with Gasteiger partial charge in [0, 0.05) is 5.40 Å². The third kappa shape index (κ3) is 22.7. The van der Waals surface area contributed by atoms with Gasteiger partial charge in [-0.15, -0.1) is 0 Å². The van der Waals surface area contributed by atoms with Crippen LogP contribution < -0.4 is 138 Å². The second-order valence-electron chi connectivity index (χ2n) is 6.26. The molecular weight excluding hydrogens is 442 g/mol. The van der Waals surface area contributed by atoms with Crippen LogP contribution >= 0.6 is 15.2 Å². The van der Waals surface area contributed by atoms with E-state index in [1.54, 1.807) is 6.92 Å². The van der Waals surface area contributed by atoms with Crippen LogP contribution in [-0.2, 0) is 9.13 Å². The minimum Gasteiger partial charge on any atom is -0.810 e. The number of allylic oxidation sites excluding steroid dienone is 6. The van der Waals surface area contributed by atoms with E-state index in [0.717, 1.165) is 24.8 Å². The first-order valence-electron chi connectivity index (χ1n) is 7.82. The van der Waals surface area contributed by atoms with Gasteiger partial charge in [0.2, 0.25) is 0 Å². The van der Waals surface area contributed by atoms with Gasteiger partial charge < -0.3 is 28.7 Å². The largest absolute Gasteiger partial charge is 1.00 e. The molecule has 0 heterocycles. The van der Waals surface area contributed by atoms with Gasteiger partial charge in [0.15, 0.2) is 0 Å². The molecule has 0 aliphatic heterocycles. The average Bonchev–Trinajstić information content (AvgIpc) is 2.34. The van der Waals surface area contributed by atoms with Crippen LogP contribution in [0.2, 0.25) is 0 Å². The molecule has 0 N–H and O–H groups in total. The second-order valence-corrected chi connectivity index (χ2v) is 10.1. The van der Waals surface area contributed by atoms with Gasteiger partial charge in [-0.1, -0.05) is 50.1 Å². The van der Waals surface area contributed by atoms with Crippen molar-refractivity contribution in [1.29, 1.82) is 0 Å². The zero-order chi connectivity index (χ0) is 19.0. The summed E-state index contributed by atoms with van der Waals surface area (Å²) >= 11 is 0. The Morgan fingerprint density at radius 1 is 0.714 bits per heavy atom. The fourth-order valence-corrected chi connectivity index (χ4v) is 4.19. The summed E-state index contributed by atoms with van der Waals surface area (Å²) in [6.45, 7) is 7.84. The predicted octanol–water partition coefficient (Wildman–Crippen LogP) is -10.0. The standard InChI is InChI=1S/C16H30O6P2.4Na/c1-13(2)7-5-8-14(3)9-6-10-15(4)11-12-16(23(17,18)19)24(20,21)22;;;;/h7,9,11,16H,5-6,8,10,12H2,1-4H3,(H2,17,18,19)(H2,20,21,22);;;;/q;4*+1/p-4/b14-9-,15-11+;;;;. The Bertz CT molecular complexity index is 570. The van der Waals surface area contributed by atoms with Crippen LogP contribution in [0.3, 0.4) is 0 Å². The van der Waals surface area contributed by atoms with E-state index >= 15 is 0 Å². The van der Waals surface area contributed by atoms with Crippen molar-refractivity contribution in [2.45, 2.75) is 65.2 Å². The van der Waals surface area contributed by atoms with Crippen molar-refractivity contribution in [1.82, 2.24) is 0 Å². The summed E-state index contributed by atoms with van der Waals surface area (Å²) in [5, 5.41) is -2.40. The number of hydrogen-bond donors (Lipinski definition) is 0. The topological polar surface area (TPSA) is 126 Å². The van der Waals surface area contributed by atoms with E-state index in [1.165, 1.54) is 17.2 Å². The van der Waals surface area contributed by atoms with E-state index in [9.17, 15) is 28.7 Å². The maximum atomic E-state index is 10.9. The van der Waals surface area contributed by atoms with Gasteiger partial charge in [0.1, 0.15) is 0 Å². The van der Waals surface area contributed by atoms with Gasteiger partial charge in [0.05, 0.1) is 0 Å². The maximum Gasteiger partial charge on any atom is 1.00 e. The van der Waals surface area contributed by atoms with Crippen molar-refractivity contribution >= 4 is 15.2 Å². The zero-order valence-corrected chi connectivity index (χ0v) is 28.5. The molecule has 0 atom stereocenters. The van der Waals surface area contributed by atoms with E-state index in [-0.39, 0.29) is 118 Å². The summed E-state index contributed by atoms with van der Waals surface area (Å²) in [6, 6.07) is 0. The van der Waals surface area contributed by atoms with Crippen LogP contribution in [0.25, 0.3) is 0 Å². The normalized spacial score (nSPS) is 12.2. The summed E-state index contributed by atoms with van der Waals surface area (Å²) in [5.74, 6) is 0. The summed E-state index contributed by atoms with van der Waals surface area (Å²) in [6.07, 6.45) is 8.28. The van der Waals surface area contributed by atoms with Gasteiger partial charge in [-0.25, -0.2) is 0 Å². The molecule has 0 aliphatic carbocycles. The third-order valence-corrected chi connectivity index (χ3v) is 7.11. The molecule has 0 spiro atoms. The van der Waals surface area contributed by atoms with Crippen LogP contribution in [0.15, 0.2) is 34.9 Å². The first-order chi connectivity index (χ1) is 10.8. The summed E-state index contributed by atoms with van der Waals surface area (Å²) < 4.78 is 21.8. The molecule has 140 valence electrons. The second kappa shape index (κ2) is 21.1. The first-order valence-corrected chi connectivity index (χ1v) is 11.0. The monoisotopic (exact) mass is 468 g/mol. The summed E-state index contributed by atoms with van der Waals surface area (Å²) in [5.41, 5.74) is 3.26. The molecule has 0 fully saturated rings. The quantitative estimate of drug-likeness (QED) is 0.178. The van der Waals surface area contributed by atoms with Gasteiger partial charge in [0.25, 0.3) is 0 Å². The van der Waals surface area contributed by atoms with E-state index in [1.807, 2.05) is 20.8 Å². The van der Waals surface area contributed by atoms with Gasteiger partial charge in [-0.2, -0.15) is 0 Å². The van der Waals surface area contributed by atoms with Crippen molar-refractivity contribution in [2.75, 3.05) is 0 Å². The Balaban J connectivity index is -0.000000441. The molecule has 0 amide bonds. The predicted molar refractivity (Wildman–Crippen MR) is 89.0 cm³/mol. The van der Waals surface area contributed by atoms with Crippen molar-refractivity contribution in [3.05, 3.63) is 34.9 Å². The molecular formula is C16H26Na4O6P2. The molecule has 0 radical (unpaired) electrons. The van der Waals surface area contributed by atoms with Crippen molar-refractivity contribution in [3.63, 3.8) is 0 Å². The van der Waals surface area contributed by atoms with Crippen LogP contribution in [0, 0.1) is 0 Å². The molecule has 0 aromatic carbocycles. The molecule has 6 nitrogen and oxygen atoms in total. The minimum absolute atomic E-state index is 0. The Morgan fingerprint density at radius 3 is 1.43 bits per heavy atom. The molecule has 0 unspecified atom stereocenters. The Morgan fingerprint density at radius 2 is 1.07 bits per heavy atom. The first kappa shape index (κ1) is 41.7. The average molecular weight is 468 g/mol. The van der Waals surface area contributed by atoms with Crippen molar-refractivity contribution in [3.8, 4) is 0 Å². The van der Waals surface area contributed by atoms with Crippen LogP contribution in [0.5, 0.6) is 0 Å². The summed E-state index contributed by atoms with van der Waals surface area (Å²) in [7, 11) is -10.9. The molecule has 12 heteroatoms. The molecule has 28 heavy (non-hydrogen) atoms. The molecule has 0 saturated heterocycles. The Hall–Kier alpha value is 3.52. The van der Waals surface area contributed by atoms with Gasteiger partial charge in [-0.3, -0.25) is 0 Å². The number of rotatable bonds is 10. The van der Waals surface area contributed by atoms with E-state index in [2.05, 4.69) is 12.2 Å². The molecule has 0 aromatic rings.